The van der Waals surface area contributed by atoms with Crippen molar-refractivity contribution in [2.24, 2.45) is 0 Å². The number of nitrogens with zero attached hydrogens (tertiary/aromatic N) is 1. The summed E-state index contributed by atoms with van der Waals surface area (Å²) >= 11 is 0. The summed E-state index contributed by atoms with van der Waals surface area (Å²) in [6, 6.07) is 0. The minimum absolute atomic E-state index is 1.65. The zero-order chi connectivity index (χ0) is 4.41. The molecule has 0 aliphatic carbocycles. The van der Waals surface area contributed by atoms with Gasteiger partial charge in [0.05, 0.1) is 6.20 Å². The van der Waals surface area contributed by atoms with Crippen molar-refractivity contribution in [2.75, 3.05) is 7.05 Å². The van der Waals surface area contributed by atoms with E-state index in [4.69, 9.17) is 0 Å². The van der Waals surface area contributed by atoms with Crippen LogP contribution in [0.2, 0.25) is 0 Å². The van der Waals surface area contributed by atoms with E-state index in [2.05, 4.69) is 16.7 Å². The van der Waals surface area contributed by atoms with E-state index in [0.717, 1.165) is 0 Å². The second-order valence-electron chi connectivity index (χ2n) is 1.05. The van der Waals surface area contributed by atoms with Gasteiger partial charge in [-0.1, -0.05) is 5.59 Å². The van der Waals surface area contributed by atoms with Crippen molar-refractivity contribution in [2.45, 2.75) is 0 Å². The van der Waals surface area contributed by atoms with Crippen LogP contribution in [0.1, 0.15) is 0 Å². The van der Waals surface area contributed by atoms with E-state index in [1.165, 1.54) is 0 Å². The molecule has 0 unspecified atom stereocenters. The van der Waals surface area contributed by atoms with Crippen molar-refractivity contribution in [3.63, 3.8) is 0 Å². The van der Waals surface area contributed by atoms with Gasteiger partial charge in [-0.15, -0.1) is 0 Å². The van der Waals surface area contributed by atoms with Gasteiger partial charge in [-0.3, -0.25) is 5.01 Å². The smallest absolute Gasteiger partial charge is 0.213 e. The lowest BCUT2D eigenvalue weighted by Gasteiger charge is -2.01. The maximum absolute atomic E-state index is 4.43. The standard InChI is InChI=1S/C3H5N2O/c1-5-2-3-6-4-5/h2,4H,1H3. The molecule has 1 aliphatic heterocycles. The lowest BCUT2D eigenvalue weighted by Crippen LogP contribution is -2.21. The summed E-state index contributed by atoms with van der Waals surface area (Å²) in [6.07, 6.45) is 4.11. The normalized spacial score (nSPS) is 18.5. The molecule has 0 aromatic rings. The van der Waals surface area contributed by atoms with Crippen LogP contribution in [0, 0.1) is 6.26 Å². The Labute approximate surface area is 36.1 Å². The van der Waals surface area contributed by atoms with Crippen molar-refractivity contribution in [3.8, 4) is 0 Å². The third-order valence-electron chi connectivity index (χ3n) is 0.495. The van der Waals surface area contributed by atoms with E-state index in [1.54, 1.807) is 11.2 Å². The lowest BCUT2D eigenvalue weighted by molar-refractivity contribution is 0.0426. The molecule has 3 nitrogen and oxygen atoms in total. The molecule has 0 saturated heterocycles. The Balaban J connectivity index is 2.38. The quantitative estimate of drug-likeness (QED) is 0.435. The van der Waals surface area contributed by atoms with Gasteiger partial charge in [0.15, 0.2) is 0 Å². The highest BCUT2D eigenvalue weighted by Crippen LogP contribution is 1.84. The summed E-state index contributed by atoms with van der Waals surface area (Å²) in [4.78, 5) is 4.43. The zero-order valence-electron chi connectivity index (χ0n) is 3.43. The highest BCUT2D eigenvalue weighted by molar-refractivity contribution is 4.64. The average molecular weight is 85.1 g/mol. The first-order chi connectivity index (χ1) is 2.89. The summed E-state index contributed by atoms with van der Waals surface area (Å²) in [5.41, 5.74) is 2.49. The van der Waals surface area contributed by atoms with Crippen LogP contribution in [0.15, 0.2) is 6.20 Å². The largest absolute Gasteiger partial charge is 0.383 e. The Morgan fingerprint density at radius 3 is 3.00 bits per heavy atom. The van der Waals surface area contributed by atoms with E-state index >= 15 is 0 Å². The van der Waals surface area contributed by atoms with Gasteiger partial charge in [-0.2, -0.15) is 0 Å². The van der Waals surface area contributed by atoms with E-state index in [0.29, 0.717) is 0 Å². The molecule has 0 aromatic carbocycles. The molecule has 0 bridgehead atoms. The topological polar surface area (TPSA) is 24.5 Å². The Morgan fingerprint density at radius 2 is 2.83 bits per heavy atom. The molecule has 0 aromatic heterocycles. The molecule has 3 heteroatoms. The van der Waals surface area contributed by atoms with Crippen molar-refractivity contribution >= 4 is 0 Å². The van der Waals surface area contributed by atoms with Crippen LogP contribution >= 0.6 is 0 Å². The first-order valence-corrected chi connectivity index (χ1v) is 1.63. The average Bonchev–Trinajstić information content (AvgIpc) is 1.86. The van der Waals surface area contributed by atoms with E-state index in [-0.39, 0.29) is 0 Å². The summed E-state index contributed by atoms with van der Waals surface area (Å²) in [5.74, 6) is 0. The maximum atomic E-state index is 4.43. The van der Waals surface area contributed by atoms with Crippen LogP contribution in [0.5, 0.6) is 0 Å². The maximum Gasteiger partial charge on any atom is 0.213 e. The monoisotopic (exact) mass is 85.0 g/mol. The molecular weight excluding hydrogens is 80.0 g/mol. The van der Waals surface area contributed by atoms with Crippen LogP contribution in [0.25, 0.3) is 0 Å². The Bertz CT molecular complexity index is 71.2. The third kappa shape index (κ3) is 0.440. The Kier molecular flexibility index (Phi) is 0.686. The fraction of sp³-hybridized carbons (Fsp3) is 0.333. The second-order valence-corrected chi connectivity index (χ2v) is 1.05. The SMILES string of the molecule is CN1C=[C]ON1. The molecule has 0 fully saturated rings. The summed E-state index contributed by atoms with van der Waals surface area (Å²) in [5, 5.41) is 1.65. The van der Waals surface area contributed by atoms with Crippen LogP contribution < -0.4 is 5.59 Å². The predicted molar refractivity (Wildman–Crippen MR) is 19.8 cm³/mol. The molecule has 1 N–H and O–H groups in total. The van der Waals surface area contributed by atoms with Gasteiger partial charge in [0.2, 0.25) is 6.26 Å². The molecule has 1 rings (SSSR count). The second kappa shape index (κ2) is 1.18. The molecule has 33 valence electrons. The van der Waals surface area contributed by atoms with Crippen LogP contribution in [0.3, 0.4) is 0 Å². The number of hydrazine groups is 1. The van der Waals surface area contributed by atoms with E-state index < -0.39 is 0 Å². The van der Waals surface area contributed by atoms with Crippen molar-refractivity contribution < 1.29 is 4.84 Å². The van der Waals surface area contributed by atoms with Crippen LogP contribution in [-0.4, -0.2) is 12.1 Å². The number of nitrogens with one attached hydrogen (secondary N) is 1. The highest BCUT2D eigenvalue weighted by atomic mass is 16.7. The molecule has 0 saturated carbocycles. The molecule has 0 atom stereocenters. The van der Waals surface area contributed by atoms with Gasteiger partial charge < -0.3 is 4.84 Å². The number of hydrogen-bond donors (Lipinski definition) is 1. The van der Waals surface area contributed by atoms with E-state index in [1.807, 2.05) is 7.05 Å². The molecule has 6 heavy (non-hydrogen) atoms. The number of rotatable bonds is 0. The van der Waals surface area contributed by atoms with Crippen LogP contribution in [-0.2, 0) is 4.84 Å². The molecule has 0 amide bonds. The van der Waals surface area contributed by atoms with Gasteiger partial charge in [0.1, 0.15) is 0 Å². The first-order valence-electron chi connectivity index (χ1n) is 1.63. The summed E-state index contributed by atoms with van der Waals surface area (Å²) in [7, 11) is 1.82. The summed E-state index contributed by atoms with van der Waals surface area (Å²) < 4.78 is 0. The zero-order valence-corrected chi connectivity index (χ0v) is 3.43. The molecule has 1 heterocycles. The lowest BCUT2D eigenvalue weighted by atomic mass is 10.9. The minimum Gasteiger partial charge on any atom is -0.383 e. The van der Waals surface area contributed by atoms with Crippen LogP contribution in [0.4, 0.5) is 0 Å². The third-order valence-corrected chi connectivity index (χ3v) is 0.495. The molecule has 1 aliphatic rings. The molecule has 0 spiro atoms. The Hall–Kier alpha value is -0.700. The van der Waals surface area contributed by atoms with Gasteiger partial charge in [0.25, 0.3) is 0 Å². The van der Waals surface area contributed by atoms with Gasteiger partial charge in [-0.25, -0.2) is 0 Å². The Morgan fingerprint density at radius 1 is 2.00 bits per heavy atom. The number of hydrogen-bond acceptors (Lipinski definition) is 3. The minimum atomic E-state index is 1.65. The summed E-state index contributed by atoms with van der Waals surface area (Å²) in [6.45, 7) is 0. The van der Waals surface area contributed by atoms with Gasteiger partial charge in [-0.05, 0) is 0 Å². The fourth-order valence-corrected chi connectivity index (χ4v) is 0.230. The molecule has 1 radical (unpaired) electrons. The first kappa shape index (κ1) is 3.49. The van der Waals surface area contributed by atoms with Gasteiger partial charge in [0, 0.05) is 7.05 Å². The van der Waals surface area contributed by atoms with Crippen molar-refractivity contribution in [3.05, 3.63) is 12.5 Å². The van der Waals surface area contributed by atoms with E-state index in [9.17, 15) is 0 Å². The van der Waals surface area contributed by atoms with Crippen molar-refractivity contribution in [1.82, 2.24) is 10.6 Å². The molecular formula is C3H5N2O. The fourth-order valence-electron chi connectivity index (χ4n) is 0.230. The van der Waals surface area contributed by atoms with Crippen molar-refractivity contribution in [1.29, 1.82) is 0 Å². The predicted octanol–water partition coefficient (Wildman–Crippen LogP) is -0.358. The van der Waals surface area contributed by atoms with Gasteiger partial charge >= 0.3 is 0 Å². The highest BCUT2D eigenvalue weighted by Gasteiger charge is 1.92.